The average Bonchev–Trinajstić information content (AvgIpc) is 1.39. The van der Waals surface area contributed by atoms with Gasteiger partial charge in [-0.2, -0.15) is 0 Å². The lowest BCUT2D eigenvalue weighted by Crippen LogP contribution is -1.30. The van der Waals surface area contributed by atoms with Crippen molar-refractivity contribution in [1.29, 1.82) is 0 Å². The van der Waals surface area contributed by atoms with Gasteiger partial charge >= 0.3 is 0 Å². The van der Waals surface area contributed by atoms with E-state index in [0.29, 0.717) is 0 Å². The van der Waals surface area contributed by atoms with Crippen molar-refractivity contribution in [1.82, 2.24) is 0 Å². The van der Waals surface area contributed by atoms with Gasteiger partial charge in [-0.1, -0.05) is 13.8 Å². The number of rotatable bonds is 0. The van der Waals surface area contributed by atoms with Crippen LogP contribution in [0.4, 0.5) is 0 Å². The summed E-state index contributed by atoms with van der Waals surface area (Å²) in [7, 11) is 0. The van der Waals surface area contributed by atoms with Gasteiger partial charge < -0.3 is 0 Å². The van der Waals surface area contributed by atoms with Crippen LogP contribution in [0.5, 0.6) is 0 Å². The molecule has 0 aliphatic carbocycles. The molecule has 1 radical (unpaired) electrons. The van der Waals surface area contributed by atoms with E-state index >= 15 is 0 Å². The van der Waals surface area contributed by atoms with Gasteiger partial charge in [-0.05, 0) is 6.42 Å². The Morgan fingerprint density at radius 1 is 1.33 bits per heavy atom. The summed E-state index contributed by atoms with van der Waals surface area (Å²) < 4.78 is 0. The summed E-state index contributed by atoms with van der Waals surface area (Å²) in [5, 5.41) is 0.194. The quantitative estimate of drug-likeness (QED) is 0.440. The summed E-state index contributed by atoms with van der Waals surface area (Å²) in [4.78, 5) is 0. The van der Waals surface area contributed by atoms with Crippen molar-refractivity contribution >= 4 is 23.2 Å². The monoisotopic (exact) mass is 127 g/mol. The normalized spacial score (nSPS) is 6.00. The first-order valence-corrected chi connectivity index (χ1v) is 2.76. The Labute approximate surface area is 49.4 Å². The van der Waals surface area contributed by atoms with Gasteiger partial charge in [0, 0.05) is 0 Å². The summed E-state index contributed by atoms with van der Waals surface area (Å²) in [5.41, 5.74) is 0. The van der Waals surface area contributed by atoms with Crippen molar-refractivity contribution in [2.24, 2.45) is 0 Å². The van der Waals surface area contributed by atoms with E-state index in [-0.39, 0.29) is 5.34 Å². The van der Waals surface area contributed by atoms with E-state index in [1.807, 2.05) is 20.3 Å². The van der Waals surface area contributed by atoms with Crippen LogP contribution in [0.2, 0.25) is 0 Å². The molecule has 0 aromatic rings. The maximum Gasteiger partial charge on any atom is 0.0967 e. The van der Waals surface area contributed by atoms with Crippen LogP contribution in [-0.2, 0) is 0 Å². The van der Waals surface area contributed by atoms with Crippen LogP contribution in [-0.4, -0.2) is 5.34 Å². The molecule has 0 heterocycles. The third-order valence-electron chi connectivity index (χ3n) is 0. The zero-order valence-corrected chi connectivity index (χ0v) is 5.55. The van der Waals surface area contributed by atoms with Crippen LogP contribution in [0.25, 0.3) is 0 Å². The van der Waals surface area contributed by atoms with Gasteiger partial charge in [0.05, 0.1) is 5.34 Å². The standard InChI is InChI=1S/C3H7.CH2Cl2/c1-3-2;2-1-3/h3H,1-2H3;1H2. The predicted molar refractivity (Wildman–Crippen MR) is 32.2 cm³/mol. The molecular weight excluding hydrogens is 119 g/mol. The van der Waals surface area contributed by atoms with Crippen molar-refractivity contribution in [3.05, 3.63) is 6.42 Å². The summed E-state index contributed by atoms with van der Waals surface area (Å²) in [6.45, 7) is 4.00. The van der Waals surface area contributed by atoms with E-state index < -0.39 is 0 Å². The molecule has 0 aromatic carbocycles. The molecule has 2 heteroatoms. The van der Waals surface area contributed by atoms with Crippen LogP contribution < -0.4 is 0 Å². The van der Waals surface area contributed by atoms with E-state index in [4.69, 9.17) is 23.2 Å². The molecule has 0 saturated carbocycles. The van der Waals surface area contributed by atoms with Crippen LogP contribution in [0, 0.1) is 6.42 Å². The fourth-order valence-electron chi connectivity index (χ4n) is 0. The van der Waals surface area contributed by atoms with Crippen LogP contribution in [0.3, 0.4) is 0 Å². The highest BCUT2D eigenvalue weighted by Gasteiger charge is 1.41. The molecule has 0 unspecified atom stereocenters. The first kappa shape index (κ1) is 9.77. The SMILES string of the molecule is C[CH]C.ClCCl. The van der Waals surface area contributed by atoms with Crippen molar-refractivity contribution in [2.75, 3.05) is 5.34 Å². The highest BCUT2D eigenvalue weighted by molar-refractivity contribution is 6.40. The van der Waals surface area contributed by atoms with Crippen LogP contribution in [0.15, 0.2) is 0 Å². The lowest BCUT2D eigenvalue weighted by Gasteiger charge is -1.47. The van der Waals surface area contributed by atoms with Crippen molar-refractivity contribution < 1.29 is 0 Å². The number of hydrogen-bond acceptors (Lipinski definition) is 0. The Morgan fingerprint density at radius 3 is 1.33 bits per heavy atom. The zero-order chi connectivity index (χ0) is 5.41. The molecule has 0 aliphatic rings. The molecule has 0 aromatic heterocycles. The minimum atomic E-state index is 0.194. The minimum absolute atomic E-state index is 0.194. The summed E-state index contributed by atoms with van der Waals surface area (Å²) in [6, 6.07) is 0. The zero-order valence-electron chi connectivity index (χ0n) is 4.04. The van der Waals surface area contributed by atoms with Gasteiger partial charge in [-0.25, -0.2) is 0 Å². The molecular formula is C4H9Cl2. The van der Waals surface area contributed by atoms with Gasteiger partial charge in [-0.15, -0.1) is 23.2 Å². The van der Waals surface area contributed by atoms with E-state index in [0.717, 1.165) is 0 Å². The van der Waals surface area contributed by atoms with E-state index in [9.17, 15) is 0 Å². The molecule has 0 atom stereocenters. The van der Waals surface area contributed by atoms with Gasteiger partial charge in [0.25, 0.3) is 0 Å². The lowest BCUT2D eigenvalue weighted by atomic mass is 10.6. The largest absolute Gasteiger partial charge is 0.109 e. The third-order valence-corrected chi connectivity index (χ3v) is 0. The fourth-order valence-corrected chi connectivity index (χ4v) is 0. The maximum absolute atomic E-state index is 4.76. The van der Waals surface area contributed by atoms with Crippen LogP contribution in [0.1, 0.15) is 13.8 Å². The highest BCUT2D eigenvalue weighted by atomic mass is 35.5. The second kappa shape index (κ2) is 17.6. The minimum Gasteiger partial charge on any atom is -0.109 e. The summed E-state index contributed by atoms with van der Waals surface area (Å²) in [5.74, 6) is 0. The number of hydrogen-bond donors (Lipinski definition) is 0. The van der Waals surface area contributed by atoms with Gasteiger partial charge in [-0.3, -0.25) is 0 Å². The molecule has 0 N–H and O–H groups in total. The van der Waals surface area contributed by atoms with E-state index in [1.54, 1.807) is 0 Å². The third kappa shape index (κ3) is 174. The summed E-state index contributed by atoms with van der Waals surface area (Å²) in [6.07, 6.45) is 2.00. The smallest absolute Gasteiger partial charge is 0.0967 e. The Kier molecular flexibility index (Phi) is 28.6. The van der Waals surface area contributed by atoms with Crippen molar-refractivity contribution in [3.63, 3.8) is 0 Å². The first-order chi connectivity index (χ1) is 2.83. The average molecular weight is 128 g/mol. The Balaban J connectivity index is 0. The van der Waals surface area contributed by atoms with Crippen molar-refractivity contribution in [2.45, 2.75) is 13.8 Å². The van der Waals surface area contributed by atoms with E-state index in [2.05, 4.69) is 0 Å². The maximum atomic E-state index is 4.76. The lowest BCUT2D eigenvalue weighted by molar-refractivity contribution is 1.41. The second-order valence-corrected chi connectivity index (χ2v) is 1.49. The molecule has 0 nitrogen and oxygen atoms in total. The predicted octanol–water partition coefficient (Wildman–Crippen LogP) is 2.65. The molecule has 0 amide bonds. The molecule has 0 saturated heterocycles. The highest BCUT2D eigenvalue weighted by Crippen LogP contribution is 1.73. The molecule has 0 rings (SSSR count). The summed E-state index contributed by atoms with van der Waals surface area (Å²) >= 11 is 9.53. The first-order valence-electron chi connectivity index (χ1n) is 1.69. The van der Waals surface area contributed by atoms with Gasteiger partial charge in [0.2, 0.25) is 0 Å². The Bertz CT molecular complexity index is 7.51. The molecule has 6 heavy (non-hydrogen) atoms. The van der Waals surface area contributed by atoms with E-state index in [1.165, 1.54) is 0 Å². The Hall–Kier alpha value is 0.580. The van der Waals surface area contributed by atoms with Crippen LogP contribution >= 0.6 is 23.2 Å². The number of halogens is 2. The molecule has 39 valence electrons. The molecule has 0 bridgehead atoms. The fraction of sp³-hybridized carbons (Fsp3) is 0.750. The van der Waals surface area contributed by atoms with Crippen molar-refractivity contribution in [3.8, 4) is 0 Å². The molecule has 0 aliphatic heterocycles. The molecule has 0 spiro atoms. The van der Waals surface area contributed by atoms with Gasteiger partial charge in [0.1, 0.15) is 0 Å². The van der Waals surface area contributed by atoms with Gasteiger partial charge in [0.15, 0.2) is 0 Å². The molecule has 0 fully saturated rings. The second-order valence-electron chi connectivity index (χ2n) is 0.678. The number of alkyl halides is 2. The topological polar surface area (TPSA) is 0 Å². The Morgan fingerprint density at radius 2 is 1.33 bits per heavy atom.